The topological polar surface area (TPSA) is 58.8 Å². The normalized spacial score (nSPS) is 11.6. The van der Waals surface area contributed by atoms with Crippen LogP contribution in [0.4, 0.5) is 0 Å². The molecule has 0 unspecified atom stereocenters. The second-order valence-electron chi connectivity index (χ2n) is 5.13. The first-order chi connectivity index (χ1) is 11.4. The number of ether oxygens (including phenoxy) is 1. The molecule has 2 aromatic heterocycles. The molecule has 0 saturated carbocycles. The Labute approximate surface area is 141 Å². The van der Waals surface area contributed by atoms with Crippen LogP contribution in [0.2, 0.25) is 0 Å². The summed E-state index contributed by atoms with van der Waals surface area (Å²) in [6, 6.07) is 8.06. The zero-order valence-corrected chi connectivity index (χ0v) is 14.4. The Balaban J connectivity index is 1.76. The van der Waals surface area contributed by atoms with Gasteiger partial charge in [0.1, 0.15) is 5.76 Å². The van der Waals surface area contributed by atoms with Crippen LogP contribution in [0.1, 0.15) is 23.5 Å². The van der Waals surface area contributed by atoms with Gasteiger partial charge in [-0.05, 0) is 36.4 Å². The molecule has 0 fully saturated rings. The van der Waals surface area contributed by atoms with E-state index in [4.69, 9.17) is 9.15 Å². The van der Waals surface area contributed by atoms with Gasteiger partial charge in [-0.15, -0.1) is 11.3 Å². The maximum absolute atomic E-state index is 5.35. The first-order valence-electron chi connectivity index (χ1n) is 7.94. The number of nitrogens with zero attached hydrogens (tertiary/aromatic N) is 1. The molecule has 0 amide bonds. The fourth-order valence-electron chi connectivity index (χ4n) is 2.07. The minimum absolute atomic E-state index is 0.700. The lowest BCUT2D eigenvalue weighted by Gasteiger charge is -2.12. The van der Waals surface area contributed by atoms with Crippen LogP contribution in [-0.4, -0.2) is 32.8 Å². The largest absolute Gasteiger partial charge is 0.469 e. The van der Waals surface area contributed by atoms with E-state index >= 15 is 0 Å². The quantitative estimate of drug-likeness (QED) is 0.398. The molecule has 126 valence electrons. The van der Waals surface area contributed by atoms with Gasteiger partial charge in [-0.2, -0.15) is 0 Å². The number of methoxy groups -OCH3 is 1. The predicted molar refractivity (Wildman–Crippen MR) is 95.0 cm³/mol. The SMILES string of the molecule is COCCCCNC(=NCc1cccs1)NCCc1ccco1. The number of furan rings is 1. The van der Waals surface area contributed by atoms with Crippen molar-refractivity contribution in [1.29, 1.82) is 0 Å². The van der Waals surface area contributed by atoms with Gasteiger partial charge in [0.25, 0.3) is 0 Å². The van der Waals surface area contributed by atoms with E-state index in [0.717, 1.165) is 50.7 Å². The Morgan fingerprint density at radius 1 is 1.22 bits per heavy atom. The lowest BCUT2D eigenvalue weighted by molar-refractivity contribution is 0.193. The van der Waals surface area contributed by atoms with Gasteiger partial charge in [0.2, 0.25) is 0 Å². The molecule has 5 nitrogen and oxygen atoms in total. The number of rotatable bonds is 10. The monoisotopic (exact) mass is 335 g/mol. The summed E-state index contributed by atoms with van der Waals surface area (Å²) in [7, 11) is 1.73. The van der Waals surface area contributed by atoms with Crippen LogP contribution in [0.3, 0.4) is 0 Å². The standard InChI is InChI=1S/C17H25N3O2S/c1-21-11-3-2-9-18-17(20-14-16-7-5-13-23-16)19-10-8-15-6-4-12-22-15/h4-7,12-13H,2-3,8-11,14H2,1H3,(H2,18,19,20). The van der Waals surface area contributed by atoms with E-state index in [-0.39, 0.29) is 0 Å². The summed E-state index contributed by atoms with van der Waals surface area (Å²) >= 11 is 1.73. The van der Waals surface area contributed by atoms with Crippen molar-refractivity contribution in [2.75, 3.05) is 26.8 Å². The van der Waals surface area contributed by atoms with Crippen molar-refractivity contribution in [1.82, 2.24) is 10.6 Å². The second kappa shape index (κ2) is 10.9. The van der Waals surface area contributed by atoms with Gasteiger partial charge >= 0.3 is 0 Å². The lowest BCUT2D eigenvalue weighted by atomic mass is 10.3. The number of hydrogen-bond acceptors (Lipinski definition) is 4. The van der Waals surface area contributed by atoms with Crippen molar-refractivity contribution in [2.45, 2.75) is 25.8 Å². The number of nitrogens with one attached hydrogen (secondary N) is 2. The Hall–Kier alpha value is -1.79. The summed E-state index contributed by atoms with van der Waals surface area (Å²) in [5, 5.41) is 8.82. The predicted octanol–water partition coefficient (Wildman–Crippen LogP) is 3.05. The Kier molecular flexibility index (Phi) is 8.29. The molecule has 0 aliphatic rings. The first kappa shape index (κ1) is 17.6. The highest BCUT2D eigenvalue weighted by molar-refractivity contribution is 7.09. The van der Waals surface area contributed by atoms with Crippen LogP contribution in [-0.2, 0) is 17.7 Å². The number of guanidine groups is 1. The van der Waals surface area contributed by atoms with Crippen LogP contribution in [0.25, 0.3) is 0 Å². The Bertz CT molecular complexity index is 538. The molecule has 0 spiro atoms. The molecule has 2 rings (SSSR count). The Morgan fingerprint density at radius 2 is 2.13 bits per heavy atom. The summed E-state index contributed by atoms with van der Waals surface area (Å²) in [5.74, 6) is 1.83. The van der Waals surface area contributed by atoms with Crippen LogP contribution in [0.15, 0.2) is 45.3 Å². The highest BCUT2D eigenvalue weighted by Crippen LogP contribution is 2.09. The molecule has 0 radical (unpaired) electrons. The third-order valence-electron chi connectivity index (χ3n) is 3.28. The molecule has 0 bridgehead atoms. The van der Waals surface area contributed by atoms with Gasteiger partial charge in [0.15, 0.2) is 5.96 Å². The molecule has 0 aromatic carbocycles. The third kappa shape index (κ3) is 7.34. The highest BCUT2D eigenvalue weighted by Gasteiger charge is 2.01. The minimum Gasteiger partial charge on any atom is -0.469 e. The first-order valence-corrected chi connectivity index (χ1v) is 8.82. The number of thiophene rings is 1. The zero-order valence-electron chi connectivity index (χ0n) is 13.6. The molecule has 0 aliphatic heterocycles. The van der Waals surface area contributed by atoms with Gasteiger partial charge in [-0.25, -0.2) is 4.99 Å². The van der Waals surface area contributed by atoms with Gasteiger partial charge in [-0.1, -0.05) is 6.07 Å². The molecule has 0 aliphatic carbocycles. The highest BCUT2D eigenvalue weighted by atomic mass is 32.1. The van der Waals surface area contributed by atoms with E-state index in [9.17, 15) is 0 Å². The van der Waals surface area contributed by atoms with Gasteiger partial charge in [0.05, 0.1) is 12.8 Å². The summed E-state index contributed by atoms with van der Waals surface area (Å²) in [6.45, 7) is 3.18. The summed E-state index contributed by atoms with van der Waals surface area (Å²) in [6.07, 6.45) is 4.66. The fourth-order valence-corrected chi connectivity index (χ4v) is 2.70. The van der Waals surface area contributed by atoms with Crippen LogP contribution in [0.5, 0.6) is 0 Å². The molecule has 2 N–H and O–H groups in total. The summed E-state index contributed by atoms with van der Waals surface area (Å²) in [4.78, 5) is 5.91. The van der Waals surface area contributed by atoms with E-state index < -0.39 is 0 Å². The lowest BCUT2D eigenvalue weighted by Crippen LogP contribution is -2.39. The average Bonchev–Trinajstić information content (AvgIpc) is 3.25. The smallest absolute Gasteiger partial charge is 0.191 e. The van der Waals surface area contributed by atoms with Crippen molar-refractivity contribution in [3.05, 3.63) is 46.5 Å². The average molecular weight is 335 g/mol. The van der Waals surface area contributed by atoms with Crippen LogP contribution >= 0.6 is 11.3 Å². The van der Waals surface area contributed by atoms with E-state index in [1.165, 1.54) is 4.88 Å². The van der Waals surface area contributed by atoms with Gasteiger partial charge in [-0.3, -0.25) is 0 Å². The number of aliphatic imine (C=N–C) groups is 1. The van der Waals surface area contributed by atoms with Crippen LogP contribution in [0, 0.1) is 0 Å². The van der Waals surface area contributed by atoms with Gasteiger partial charge < -0.3 is 19.8 Å². The molecule has 2 aromatic rings. The van der Waals surface area contributed by atoms with Gasteiger partial charge in [0, 0.05) is 38.1 Å². The van der Waals surface area contributed by atoms with E-state index in [2.05, 4.69) is 33.1 Å². The van der Waals surface area contributed by atoms with Crippen molar-refractivity contribution in [3.63, 3.8) is 0 Å². The fraction of sp³-hybridized carbons (Fsp3) is 0.471. The molecule has 0 saturated heterocycles. The molecular weight excluding hydrogens is 310 g/mol. The van der Waals surface area contributed by atoms with Crippen molar-refractivity contribution in [3.8, 4) is 0 Å². The molecule has 23 heavy (non-hydrogen) atoms. The molecule has 6 heteroatoms. The summed E-state index contributed by atoms with van der Waals surface area (Å²) in [5.41, 5.74) is 0. The molecule has 2 heterocycles. The second-order valence-corrected chi connectivity index (χ2v) is 6.16. The number of hydrogen-bond donors (Lipinski definition) is 2. The minimum atomic E-state index is 0.700. The van der Waals surface area contributed by atoms with Crippen molar-refractivity contribution >= 4 is 17.3 Å². The van der Waals surface area contributed by atoms with E-state index in [0.29, 0.717) is 6.54 Å². The zero-order chi connectivity index (χ0) is 16.2. The molecule has 0 atom stereocenters. The third-order valence-corrected chi connectivity index (χ3v) is 4.15. The summed E-state index contributed by atoms with van der Waals surface area (Å²) < 4.78 is 10.4. The number of unbranched alkanes of at least 4 members (excludes halogenated alkanes) is 1. The van der Waals surface area contributed by atoms with E-state index in [1.807, 2.05) is 12.1 Å². The van der Waals surface area contributed by atoms with Crippen molar-refractivity contribution < 1.29 is 9.15 Å². The molecular formula is C17H25N3O2S. The maximum atomic E-state index is 5.35. The Morgan fingerprint density at radius 3 is 2.87 bits per heavy atom. The van der Waals surface area contributed by atoms with Crippen LogP contribution < -0.4 is 10.6 Å². The van der Waals surface area contributed by atoms with E-state index in [1.54, 1.807) is 24.7 Å². The van der Waals surface area contributed by atoms with Crippen molar-refractivity contribution in [2.24, 2.45) is 4.99 Å². The maximum Gasteiger partial charge on any atom is 0.191 e.